The molecule has 1 aliphatic rings. The molecule has 0 saturated carbocycles. The lowest BCUT2D eigenvalue weighted by Gasteiger charge is -2.16. The van der Waals surface area contributed by atoms with Gasteiger partial charge in [-0.3, -0.25) is 9.59 Å². The molecule has 3 aromatic rings. The second-order valence-electron chi connectivity index (χ2n) is 7.45. The Morgan fingerprint density at radius 3 is 2.74 bits per heavy atom. The van der Waals surface area contributed by atoms with Crippen LogP contribution in [-0.2, 0) is 9.59 Å². The Balaban J connectivity index is 1.33. The summed E-state index contributed by atoms with van der Waals surface area (Å²) in [5, 5.41) is 10.9. The van der Waals surface area contributed by atoms with Gasteiger partial charge in [0.2, 0.25) is 17.7 Å². The number of amides is 2. The number of hydrogen-bond donors (Lipinski definition) is 1. The Hall–Kier alpha value is -3.20. The number of carbonyl (C=O) groups is 2. The molecule has 0 spiro atoms. The Morgan fingerprint density at radius 1 is 1.23 bits per heavy atom. The number of thioether (sulfide) groups is 1. The third-order valence-corrected chi connectivity index (χ3v) is 5.84. The number of nitrogens with zero attached hydrogens (tertiary/aromatic N) is 3. The molecule has 2 aromatic carbocycles. The third kappa shape index (κ3) is 4.93. The molecule has 1 N–H and O–H groups in total. The highest BCUT2D eigenvalue weighted by molar-refractivity contribution is 7.99. The van der Waals surface area contributed by atoms with Crippen LogP contribution in [0.15, 0.2) is 52.1 Å². The van der Waals surface area contributed by atoms with Crippen molar-refractivity contribution in [2.24, 2.45) is 0 Å². The van der Waals surface area contributed by atoms with E-state index in [1.807, 2.05) is 31.2 Å². The fraction of sp³-hybridized carbons (Fsp3) is 0.273. The monoisotopic (exact) mass is 440 g/mol. The van der Waals surface area contributed by atoms with Gasteiger partial charge >= 0.3 is 0 Å². The highest BCUT2D eigenvalue weighted by Gasteiger charge is 2.35. The first kappa shape index (κ1) is 21.0. The van der Waals surface area contributed by atoms with Gasteiger partial charge in [-0.25, -0.2) is 4.39 Å². The van der Waals surface area contributed by atoms with Gasteiger partial charge in [-0.1, -0.05) is 35.5 Å². The number of nitrogens with one attached hydrogen (secondary N) is 1. The number of carbonyl (C=O) groups excluding carboxylic acids is 2. The van der Waals surface area contributed by atoms with Crippen LogP contribution in [0.2, 0.25) is 0 Å². The summed E-state index contributed by atoms with van der Waals surface area (Å²) in [5.41, 5.74) is 2.87. The maximum atomic E-state index is 13.6. The minimum absolute atomic E-state index is 0.00552. The summed E-state index contributed by atoms with van der Waals surface area (Å²) in [6.45, 7) is 4.12. The van der Waals surface area contributed by atoms with E-state index in [0.717, 1.165) is 23.0 Å². The van der Waals surface area contributed by atoms with Crippen molar-refractivity contribution >= 4 is 35.0 Å². The van der Waals surface area contributed by atoms with E-state index < -0.39 is 0 Å². The third-order valence-electron chi connectivity index (χ3n) is 5.02. The molecule has 4 rings (SSSR count). The zero-order valence-electron chi connectivity index (χ0n) is 17.1. The Labute approximate surface area is 183 Å². The molecule has 1 atom stereocenters. The molecule has 2 heterocycles. The smallest absolute Gasteiger partial charge is 0.277 e. The van der Waals surface area contributed by atoms with Gasteiger partial charge in [0.05, 0.1) is 11.7 Å². The predicted molar refractivity (Wildman–Crippen MR) is 116 cm³/mol. The van der Waals surface area contributed by atoms with Crippen LogP contribution >= 0.6 is 11.8 Å². The van der Waals surface area contributed by atoms with Crippen LogP contribution in [0.25, 0.3) is 0 Å². The zero-order chi connectivity index (χ0) is 22.0. The van der Waals surface area contributed by atoms with Crippen molar-refractivity contribution in [1.29, 1.82) is 0 Å². The molecule has 2 amide bonds. The molecule has 0 aliphatic carbocycles. The Morgan fingerprint density at radius 2 is 2.00 bits per heavy atom. The van der Waals surface area contributed by atoms with Crippen LogP contribution < -0.4 is 10.2 Å². The molecular weight excluding hydrogens is 419 g/mol. The lowest BCUT2D eigenvalue weighted by Crippen LogP contribution is -2.24. The average Bonchev–Trinajstić information content (AvgIpc) is 3.37. The first-order chi connectivity index (χ1) is 14.9. The van der Waals surface area contributed by atoms with E-state index in [4.69, 9.17) is 4.42 Å². The number of rotatable bonds is 6. The second-order valence-corrected chi connectivity index (χ2v) is 8.37. The largest absolute Gasteiger partial charge is 0.416 e. The van der Waals surface area contributed by atoms with Crippen molar-refractivity contribution in [2.75, 3.05) is 22.5 Å². The SMILES string of the molecule is Cc1ccc(N2CC(c3nnc(SCC(=O)Nc4ccc(C)c(F)c4)o3)CC2=O)cc1. The minimum Gasteiger partial charge on any atom is -0.416 e. The highest BCUT2D eigenvalue weighted by Crippen LogP contribution is 2.32. The van der Waals surface area contributed by atoms with E-state index in [-0.39, 0.29) is 34.5 Å². The topological polar surface area (TPSA) is 88.3 Å². The van der Waals surface area contributed by atoms with E-state index in [0.29, 0.717) is 30.1 Å². The van der Waals surface area contributed by atoms with Gasteiger partial charge in [0.1, 0.15) is 5.82 Å². The summed E-state index contributed by atoms with van der Waals surface area (Å²) in [6.07, 6.45) is 0.291. The molecule has 1 fully saturated rings. The molecule has 0 radical (unpaired) electrons. The predicted octanol–water partition coefficient (Wildman–Crippen LogP) is 4.08. The molecule has 7 nitrogen and oxygen atoms in total. The summed E-state index contributed by atoms with van der Waals surface area (Å²) in [5.74, 6) is -0.458. The van der Waals surface area contributed by atoms with Gasteiger partial charge in [-0.15, -0.1) is 10.2 Å². The molecule has 9 heteroatoms. The molecule has 1 aromatic heterocycles. The fourth-order valence-corrected chi connectivity index (χ4v) is 3.86. The highest BCUT2D eigenvalue weighted by atomic mass is 32.2. The van der Waals surface area contributed by atoms with Gasteiger partial charge in [0.25, 0.3) is 5.22 Å². The van der Waals surface area contributed by atoms with E-state index in [1.165, 1.54) is 6.07 Å². The summed E-state index contributed by atoms with van der Waals surface area (Å²) < 4.78 is 19.3. The van der Waals surface area contributed by atoms with Crippen molar-refractivity contribution in [1.82, 2.24) is 10.2 Å². The molecule has 160 valence electrons. The van der Waals surface area contributed by atoms with Gasteiger partial charge in [-0.2, -0.15) is 0 Å². The van der Waals surface area contributed by atoms with Crippen LogP contribution in [0.1, 0.15) is 29.4 Å². The number of halogens is 1. The maximum Gasteiger partial charge on any atom is 0.277 e. The van der Waals surface area contributed by atoms with E-state index in [9.17, 15) is 14.0 Å². The maximum absolute atomic E-state index is 13.6. The number of aromatic nitrogens is 2. The van der Waals surface area contributed by atoms with Gasteiger partial charge in [-0.05, 0) is 43.7 Å². The van der Waals surface area contributed by atoms with Gasteiger partial charge in [0, 0.05) is 24.3 Å². The lowest BCUT2D eigenvalue weighted by molar-refractivity contribution is -0.117. The van der Waals surface area contributed by atoms with Crippen molar-refractivity contribution in [3.05, 3.63) is 65.3 Å². The summed E-state index contributed by atoms with van der Waals surface area (Å²) in [6, 6.07) is 12.3. The Kier molecular flexibility index (Phi) is 6.03. The number of anilines is 2. The van der Waals surface area contributed by atoms with Crippen LogP contribution in [0.4, 0.5) is 15.8 Å². The van der Waals surface area contributed by atoms with Crippen LogP contribution in [0, 0.1) is 19.7 Å². The van der Waals surface area contributed by atoms with Crippen molar-refractivity contribution in [3.8, 4) is 0 Å². The number of aryl methyl sites for hydroxylation is 2. The van der Waals surface area contributed by atoms with Crippen LogP contribution in [-0.4, -0.2) is 34.3 Å². The molecule has 1 saturated heterocycles. The van der Waals surface area contributed by atoms with E-state index >= 15 is 0 Å². The molecule has 1 unspecified atom stereocenters. The second kappa shape index (κ2) is 8.89. The fourth-order valence-electron chi connectivity index (χ4n) is 3.29. The standard InChI is InChI=1S/C22H21FN4O3S/c1-13-3-7-17(8-4-13)27-11-15(9-20(27)29)21-25-26-22(30-21)31-12-19(28)24-16-6-5-14(2)18(23)10-16/h3-8,10,15H,9,11-12H2,1-2H3,(H,24,28). The van der Waals surface area contributed by atoms with Crippen molar-refractivity contribution in [3.63, 3.8) is 0 Å². The average molecular weight is 441 g/mol. The molecular formula is C22H21FN4O3S. The lowest BCUT2D eigenvalue weighted by atomic mass is 10.1. The molecule has 0 bridgehead atoms. The van der Waals surface area contributed by atoms with E-state index in [1.54, 1.807) is 24.0 Å². The first-order valence-electron chi connectivity index (χ1n) is 9.78. The number of hydrogen-bond acceptors (Lipinski definition) is 6. The summed E-state index contributed by atoms with van der Waals surface area (Å²) >= 11 is 1.09. The Bertz CT molecular complexity index is 1120. The van der Waals surface area contributed by atoms with Crippen molar-refractivity contribution < 1.29 is 18.4 Å². The normalized spacial score (nSPS) is 16.0. The first-order valence-corrected chi connectivity index (χ1v) is 10.8. The molecule has 1 aliphatic heterocycles. The summed E-state index contributed by atoms with van der Waals surface area (Å²) in [7, 11) is 0. The van der Waals surface area contributed by atoms with Gasteiger partial charge < -0.3 is 14.6 Å². The van der Waals surface area contributed by atoms with E-state index in [2.05, 4.69) is 15.5 Å². The number of benzene rings is 2. The van der Waals surface area contributed by atoms with Gasteiger partial charge in [0.15, 0.2) is 0 Å². The minimum atomic E-state index is -0.377. The van der Waals surface area contributed by atoms with Crippen LogP contribution in [0.3, 0.4) is 0 Å². The molecule has 31 heavy (non-hydrogen) atoms. The quantitative estimate of drug-likeness (QED) is 0.581. The summed E-state index contributed by atoms with van der Waals surface area (Å²) in [4.78, 5) is 26.3. The van der Waals surface area contributed by atoms with Crippen molar-refractivity contribution in [2.45, 2.75) is 31.4 Å². The van der Waals surface area contributed by atoms with Crippen LogP contribution in [0.5, 0.6) is 0 Å². The zero-order valence-corrected chi connectivity index (χ0v) is 17.9.